The van der Waals surface area contributed by atoms with E-state index in [0.717, 1.165) is 6.42 Å². The molecule has 0 fully saturated rings. The summed E-state index contributed by atoms with van der Waals surface area (Å²) in [6, 6.07) is 31.8. The van der Waals surface area contributed by atoms with Crippen LogP contribution in [0.5, 0.6) is 0 Å². The Kier molecular flexibility index (Phi) is 7.00. The van der Waals surface area contributed by atoms with E-state index in [1.807, 2.05) is 11.8 Å². The second-order valence-electron chi connectivity index (χ2n) is 9.23. The Bertz CT molecular complexity index is 1350. The summed E-state index contributed by atoms with van der Waals surface area (Å²) < 4.78 is 0. The molecule has 0 aliphatic carbocycles. The molecule has 36 heavy (non-hydrogen) atoms. The number of aryl methyl sites for hydroxylation is 1. The van der Waals surface area contributed by atoms with Gasteiger partial charge in [-0.25, -0.2) is 0 Å². The summed E-state index contributed by atoms with van der Waals surface area (Å²) in [6.45, 7) is 2.27. The highest BCUT2D eigenvalue weighted by Gasteiger charge is 2.26. The SMILES string of the molecule is CCCCCCc1ccc(N2c3ccc(-c4cccs4)cc3Sc3cc(-c4cccs4)ccc32)cc1. The van der Waals surface area contributed by atoms with Crippen molar-refractivity contribution in [3.63, 3.8) is 0 Å². The molecule has 3 heterocycles. The van der Waals surface area contributed by atoms with Gasteiger partial charge in [0.2, 0.25) is 0 Å². The van der Waals surface area contributed by atoms with Crippen molar-refractivity contribution in [2.24, 2.45) is 0 Å². The minimum Gasteiger partial charge on any atom is -0.308 e. The summed E-state index contributed by atoms with van der Waals surface area (Å²) in [5, 5.41) is 4.31. The lowest BCUT2D eigenvalue weighted by Gasteiger charge is -2.33. The summed E-state index contributed by atoms with van der Waals surface area (Å²) in [5.41, 5.74) is 7.75. The van der Waals surface area contributed by atoms with Gasteiger partial charge in [0, 0.05) is 25.2 Å². The Labute approximate surface area is 226 Å². The molecule has 1 aliphatic heterocycles. The molecule has 0 amide bonds. The van der Waals surface area contributed by atoms with Crippen molar-refractivity contribution in [1.82, 2.24) is 0 Å². The van der Waals surface area contributed by atoms with Crippen molar-refractivity contribution in [3.05, 3.63) is 101 Å². The molecule has 0 spiro atoms. The number of thiophene rings is 2. The third-order valence-corrected chi connectivity index (χ3v) is 9.68. The maximum atomic E-state index is 2.44. The number of nitrogens with zero attached hydrogens (tertiary/aromatic N) is 1. The first-order valence-electron chi connectivity index (χ1n) is 12.7. The average molecular weight is 524 g/mol. The van der Waals surface area contributed by atoms with Crippen molar-refractivity contribution in [2.75, 3.05) is 4.90 Å². The lowest BCUT2D eigenvalue weighted by molar-refractivity contribution is 0.667. The van der Waals surface area contributed by atoms with Gasteiger partial charge in [0.05, 0.1) is 11.4 Å². The Balaban J connectivity index is 1.39. The van der Waals surface area contributed by atoms with Gasteiger partial charge in [0.25, 0.3) is 0 Å². The Morgan fingerprint density at radius 3 is 1.78 bits per heavy atom. The van der Waals surface area contributed by atoms with Gasteiger partial charge in [0.1, 0.15) is 0 Å². The molecule has 5 aromatic rings. The second-order valence-corrected chi connectivity index (χ2v) is 12.2. The predicted molar refractivity (Wildman–Crippen MR) is 160 cm³/mol. The lowest BCUT2D eigenvalue weighted by Crippen LogP contribution is -2.15. The first kappa shape index (κ1) is 23.6. The first-order valence-corrected chi connectivity index (χ1v) is 15.3. The molecule has 180 valence electrons. The van der Waals surface area contributed by atoms with Crippen LogP contribution in [0, 0.1) is 0 Å². The number of anilines is 3. The van der Waals surface area contributed by atoms with Crippen LogP contribution in [0.4, 0.5) is 17.1 Å². The molecule has 0 N–H and O–H groups in total. The Morgan fingerprint density at radius 1 is 0.639 bits per heavy atom. The zero-order valence-electron chi connectivity index (χ0n) is 20.4. The number of hydrogen-bond acceptors (Lipinski definition) is 4. The van der Waals surface area contributed by atoms with E-state index in [0.29, 0.717) is 0 Å². The molecule has 0 saturated carbocycles. The van der Waals surface area contributed by atoms with Crippen molar-refractivity contribution in [1.29, 1.82) is 0 Å². The standard InChI is InChI=1S/C32H29NS3/c1-2-3-4-5-8-23-11-15-26(16-12-23)33-27-17-13-24(29-9-6-19-34-29)21-31(27)36-32-22-25(14-18-28(32)33)30-10-7-20-35-30/h6-7,9-22H,2-5,8H2,1H3. The fraction of sp³-hybridized carbons (Fsp3) is 0.188. The molecule has 0 bridgehead atoms. The van der Waals surface area contributed by atoms with E-state index in [2.05, 4.69) is 108 Å². The van der Waals surface area contributed by atoms with Crippen LogP contribution >= 0.6 is 34.4 Å². The zero-order valence-corrected chi connectivity index (χ0v) is 22.9. The van der Waals surface area contributed by atoms with Crippen molar-refractivity contribution in [2.45, 2.75) is 48.8 Å². The summed E-state index contributed by atoms with van der Waals surface area (Å²) >= 11 is 5.49. The highest BCUT2D eigenvalue weighted by atomic mass is 32.2. The fourth-order valence-corrected chi connectivity index (χ4v) is 7.43. The lowest BCUT2D eigenvalue weighted by atomic mass is 10.0. The Hall–Kier alpha value is -2.79. The minimum absolute atomic E-state index is 1.16. The maximum absolute atomic E-state index is 2.44. The number of benzene rings is 3. The van der Waals surface area contributed by atoms with E-state index in [-0.39, 0.29) is 0 Å². The van der Waals surface area contributed by atoms with E-state index in [4.69, 9.17) is 0 Å². The normalized spacial score (nSPS) is 12.4. The van der Waals surface area contributed by atoms with Gasteiger partial charge in [-0.3, -0.25) is 0 Å². The highest BCUT2D eigenvalue weighted by Crippen LogP contribution is 2.53. The largest absolute Gasteiger partial charge is 0.308 e. The minimum atomic E-state index is 1.16. The summed E-state index contributed by atoms with van der Waals surface area (Å²) in [5.74, 6) is 0. The van der Waals surface area contributed by atoms with E-state index < -0.39 is 0 Å². The first-order chi connectivity index (χ1) is 17.8. The molecule has 0 unspecified atom stereocenters. The monoisotopic (exact) mass is 523 g/mol. The molecule has 2 aromatic heterocycles. The summed E-state index contributed by atoms with van der Waals surface area (Å²) in [6.07, 6.45) is 6.38. The van der Waals surface area contributed by atoms with Gasteiger partial charge in [-0.05, 0) is 88.8 Å². The fourth-order valence-electron chi connectivity index (χ4n) is 4.85. The zero-order chi connectivity index (χ0) is 24.3. The Morgan fingerprint density at radius 2 is 1.25 bits per heavy atom. The van der Waals surface area contributed by atoms with E-state index in [1.165, 1.54) is 79.0 Å². The second kappa shape index (κ2) is 10.7. The summed E-state index contributed by atoms with van der Waals surface area (Å²) in [4.78, 5) is 7.69. The van der Waals surface area contributed by atoms with Crippen LogP contribution < -0.4 is 4.90 Å². The van der Waals surface area contributed by atoms with E-state index in [9.17, 15) is 0 Å². The van der Waals surface area contributed by atoms with Crippen LogP contribution in [0.15, 0.2) is 105 Å². The number of unbranched alkanes of at least 4 members (excludes halogenated alkanes) is 3. The molecule has 1 nitrogen and oxygen atoms in total. The number of rotatable bonds is 8. The number of fused-ring (bicyclic) bond motifs is 2. The average Bonchev–Trinajstić information content (AvgIpc) is 3.65. The molecular weight excluding hydrogens is 495 g/mol. The van der Waals surface area contributed by atoms with Crippen LogP contribution in [-0.2, 0) is 6.42 Å². The van der Waals surface area contributed by atoms with Crippen molar-refractivity contribution in [3.8, 4) is 20.9 Å². The highest BCUT2D eigenvalue weighted by molar-refractivity contribution is 7.99. The molecular formula is C32H29NS3. The van der Waals surface area contributed by atoms with Crippen LogP contribution in [0.2, 0.25) is 0 Å². The van der Waals surface area contributed by atoms with E-state index >= 15 is 0 Å². The smallest absolute Gasteiger partial charge is 0.0602 e. The molecule has 6 rings (SSSR count). The molecule has 0 radical (unpaired) electrons. The van der Waals surface area contributed by atoms with Gasteiger partial charge >= 0.3 is 0 Å². The van der Waals surface area contributed by atoms with E-state index in [1.54, 1.807) is 22.7 Å². The molecule has 4 heteroatoms. The quantitative estimate of drug-likeness (QED) is 0.182. The third kappa shape index (κ3) is 4.78. The predicted octanol–water partition coefficient (Wildman–Crippen LogP) is 11.2. The van der Waals surface area contributed by atoms with Gasteiger partial charge in [-0.1, -0.05) is 74.3 Å². The van der Waals surface area contributed by atoms with Crippen molar-refractivity contribution >= 4 is 51.5 Å². The summed E-state index contributed by atoms with van der Waals surface area (Å²) in [7, 11) is 0. The number of hydrogen-bond donors (Lipinski definition) is 0. The van der Waals surface area contributed by atoms with Crippen molar-refractivity contribution < 1.29 is 0 Å². The van der Waals surface area contributed by atoms with Gasteiger partial charge in [-0.2, -0.15) is 0 Å². The van der Waals surface area contributed by atoms with Crippen LogP contribution in [0.3, 0.4) is 0 Å². The molecule has 0 atom stereocenters. The van der Waals surface area contributed by atoms with Gasteiger partial charge in [-0.15, -0.1) is 22.7 Å². The van der Waals surface area contributed by atoms with Gasteiger partial charge < -0.3 is 4.90 Å². The maximum Gasteiger partial charge on any atom is 0.0602 e. The van der Waals surface area contributed by atoms with Crippen LogP contribution in [-0.4, -0.2) is 0 Å². The van der Waals surface area contributed by atoms with Gasteiger partial charge in [0.15, 0.2) is 0 Å². The molecule has 3 aromatic carbocycles. The topological polar surface area (TPSA) is 3.24 Å². The van der Waals surface area contributed by atoms with Crippen LogP contribution in [0.1, 0.15) is 38.2 Å². The third-order valence-electron chi connectivity index (χ3n) is 6.75. The molecule has 0 saturated heterocycles. The molecule has 1 aliphatic rings. The van der Waals surface area contributed by atoms with Crippen LogP contribution in [0.25, 0.3) is 20.9 Å².